The van der Waals surface area contributed by atoms with Crippen molar-refractivity contribution >= 4 is 17.3 Å². The summed E-state index contributed by atoms with van der Waals surface area (Å²) in [5, 5.41) is 0. The van der Waals surface area contributed by atoms with Gasteiger partial charge in [0.2, 0.25) is 0 Å². The van der Waals surface area contributed by atoms with E-state index in [0.29, 0.717) is 23.7 Å². The Morgan fingerprint density at radius 3 is 2.47 bits per heavy atom. The number of nitrogens with zero attached hydrogens (tertiary/aromatic N) is 2. The number of ketones is 1. The van der Waals surface area contributed by atoms with Gasteiger partial charge in [0.15, 0.2) is 17.3 Å². The van der Waals surface area contributed by atoms with Crippen molar-refractivity contribution in [1.29, 1.82) is 0 Å². The highest BCUT2D eigenvalue weighted by Gasteiger charge is 2.20. The third-order valence-electron chi connectivity index (χ3n) is 5.13. The van der Waals surface area contributed by atoms with Crippen LogP contribution in [-0.2, 0) is 0 Å². The Hall–Kier alpha value is -3.02. The van der Waals surface area contributed by atoms with Gasteiger partial charge in [-0.05, 0) is 62.2 Å². The molecule has 0 fully saturated rings. The average molecular weight is 411 g/mol. The summed E-state index contributed by atoms with van der Waals surface area (Å²) < 4.78 is 16.2. The van der Waals surface area contributed by atoms with Crippen molar-refractivity contribution in [2.24, 2.45) is 4.99 Å². The molecule has 2 aromatic rings. The Labute approximate surface area is 178 Å². The van der Waals surface area contributed by atoms with Crippen molar-refractivity contribution in [2.75, 3.05) is 38.8 Å². The normalized spacial score (nSPS) is 13.8. The molecule has 0 amide bonds. The number of aliphatic imine (C=N–C) groups is 1. The lowest BCUT2D eigenvalue weighted by molar-refractivity contribution is 0.100. The van der Waals surface area contributed by atoms with Crippen LogP contribution in [0.3, 0.4) is 0 Å². The lowest BCUT2D eigenvalue weighted by atomic mass is 10.1. The van der Waals surface area contributed by atoms with Crippen LogP contribution in [-0.4, -0.2) is 45.5 Å². The summed E-state index contributed by atoms with van der Waals surface area (Å²) in [4.78, 5) is 20.0. The molecule has 1 aliphatic heterocycles. The summed E-state index contributed by atoms with van der Waals surface area (Å²) in [5.74, 6) is 2.92. The summed E-state index contributed by atoms with van der Waals surface area (Å²) in [6.07, 6.45) is 4.20. The largest absolute Gasteiger partial charge is 0.494 e. The Kier molecular flexibility index (Phi) is 7.71. The van der Waals surface area contributed by atoms with Crippen LogP contribution in [0.1, 0.15) is 43.0 Å². The van der Waals surface area contributed by atoms with E-state index < -0.39 is 0 Å². The molecule has 1 aliphatic rings. The van der Waals surface area contributed by atoms with Gasteiger partial charge in [0.1, 0.15) is 11.6 Å². The molecule has 0 saturated carbocycles. The lowest BCUT2D eigenvalue weighted by Gasteiger charge is -2.26. The molecule has 0 unspecified atom stereocenters. The first kappa shape index (κ1) is 21.7. The van der Waals surface area contributed by atoms with Crippen LogP contribution in [0.5, 0.6) is 17.2 Å². The predicted molar refractivity (Wildman–Crippen MR) is 120 cm³/mol. The van der Waals surface area contributed by atoms with Crippen molar-refractivity contribution in [2.45, 2.75) is 32.6 Å². The molecule has 0 saturated heterocycles. The molecule has 2 aromatic carbocycles. The van der Waals surface area contributed by atoms with E-state index >= 15 is 0 Å². The fraction of sp³-hybridized carbons (Fsp3) is 0.417. The van der Waals surface area contributed by atoms with Gasteiger partial charge in [-0.3, -0.25) is 9.79 Å². The molecule has 160 valence electrons. The Balaban J connectivity index is 1.88. The lowest BCUT2D eigenvalue weighted by Crippen LogP contribution is -2.36. The van der Waals surface area contributed by atoms with Gasteiger partial charge in [-0.1, -0.05) is 6.42 Å². The number of carbonyl (C=O) groups excluding carboxylic acids is 1. The number of hydrogen-bond donors (Lipinski definition) is 0. The van der Waals surface area contributed by atoms with Gasteiger partial charge in [-0.2, -0.15) is 0 Å². The molecule has 3 rings (SSSR count). The summed E-state index contributed by atoms with van der Waals surface area (Å²) in [7, 11) is 3.15. The van der Waals surface area contributed by atoms with Crippen LogP contribution in [0.4, 0.5) is 5.69 Å². The Morgan fingerprint density at radius 1 is 1.00 bits per heavy atom. The molecule has 0 aliphatic carbocycles. The first-order valence-corrected chi connectivity index (χ1v) is 10.4. The third kappa shape index (κ3) is 5.32. The van der Waals surface area contributed by atoms with E-state index in [2.05, 4.69) is 0 Å². The average Bonchev–Trinajstić information content (AvgIpc) is 3.07. The quantitative estimate of drug-likeness (QED) is 0.587. The van der Waals surface area contributed by atoms with Crippen LogP contribution < -0.4 is 19.1 Å². The van der Waals surface area contributed by atoms with Gasteiger partial charge >= 0.3 is 0 Å². The monoisotopic (exact) mass is 410 g/mol. The van der Waals surface area contributed by atoms with Gasteiger partial charge in [0.25, 0.3) is 0 Å². The van der Waals surface area contributed by atoms with Crippen molar-refractivity contribution in [3.8, 4) is 17.2 Å². The Morgan fingerprint density at radius 2 is 1.77 bits per heavy atom. The molecule has 6 heteroatoms. The van der Waals surface area contributed by atoms with Gasteiger partial charge in [0.05, 0.1) is 27.4 Å². The number of rotatable bonds is 8. The molecule has 0 radical (unpaired) electrons. The highest BCUT2D eigenvalue weighted by atomic mass is 16.5. The molecule has 0 aromatic heterocycles. The Bertz CT molecular complexity index is 877. The van der Waals surface area contributed by atoms with Crippen molar-refractivity contribution in [1.82, 2.24) is 0 Å². The minimum Gasteiger partial charge on any atom is -0.494 e. The zero-order valence-electron chi connectivity index (χ0n) is 18.0. The maximum Gasteiger partial charge on any atom is 0.182 e. The van der Waals surface area contributed by atoms with Crippen LogP contribution in [0, 0.1) is 0 Å². The van der Waals surface area contributed by atoms with Gasteiger partial charge in [-0.25, -0.2) is 0 Å². The molecule has 6 nitrogen and oxygen atoms in total. The van der Waals surface area contributed by atoms with Crippen molar-refractivity contribution in [3.05, 3.63) is 48.0 Å². The summed E-state index contributed by atoms with van der Waals surface area (Å²) in [5.41, 5.74) is 1.52. The number of hydrogen-bond acceptors (Lipinski definition) is 6. The first-order chi connectivity index (χ1) is 14.7. The second-order valence-electron chi connectivity index (χ2n) is 7.11. The van der Waals surface area contributed by atoms with Crippen LogP contribution >= 0.6 is 0 Å². The van der Waals surface area contributed by atoms with Crippen LogP contribution in [0.15, 0.2) is 47.5 Å². The van der Waals surface area contributed by atoms with E-state index in [-0.39, 0.29) is 12.3 Å². The molecular formula is C24H30N2O4. The predicted octanol–water partition coefficient (Wildman–Crippen LogP) is 4.76. The van der Waals surface area contributed by atoms with E-state index in [4.69, 9.17) is 19.2 Å². The highest BCUT2D eigenvalue weighted by Crippen LogP contribution is 2.28. The van der Waals surface area contributed by atoms with E-state index in [1.54, 1.807) is 32.4 Å². The zero-order chi connectivity index (χ0) is 21.3. The maximum absolute atomic E-state index is 13.2. The second kappa shape index (κ2) is 10.7. The first-order valence-electron chi connectivity index (χ1n) is 10.4. The van der Waals surface area contributed by atoms with Crippen LogP contribution in [0.25, 0.3) is 0 Å². The molecule has 1 heterocycles. The minimum absolute atomic E-state index is 0.00298. The maximum atomic E-state index is 13.2. The topological polar surface area (TPSA) is 60.4 Å². The summed E-state index contributed by atoms with van der Waals surface area (Å²) in [6, 6.07) is 13.1. The molecule has 0 spiro atoms. The zero-order valence-corrected chi connectivity index (χ0v) is 18.0. The second-order valence-corrected chi connectivity index (χ2v) is 7.11. The number of ether oxygens (including phenoxy) is 3. The number of anilines is 1. The summed E-state index contributed by atoms with van der Waals surface area (Å²) >= 11 is 0. The number of Topliss-reactive ketones (excluding diaryl/α,β-unsaturated/α-hetero) is 1. The number of benzene rings is 2. The molecule has 30 heavy (non-hydrogen) atoms. The molecule has 0 atom stereocenters. The summed E-state index contributed by atoms with van der Waals surface area (Å²) in [6.45, 7) is 3.59. The molecular weight excluding hydrogens is 380 g/mol. The van der Waals surface area contributed by atoms with E-state index in [9.17, 15) is 4.79 Å². The van der Waals surface area contributed by atoms with Crippen LogP contribution in [0.2, 0.25) is 0 Å². The standard InChI is InChI=1S/C24H30N2O4/c1-4-30-20-12-10-19(11-13-20)26(24-8-6-5-7-15-25-24)17-21(27)18-9-14-22(28-2)23(16-18)29-3/h9-14,16H,4-8,15,17H2,1-3H3. The smallest absolute Gasteiger partial charge is 0.182 e. The SMILES string of the molecule is CCOc1ccc(N(CC(=O)c2ccc(OC)c(OC)c2)C2=NCCCCC2)cc1. The third-order valence-corrected chi connectivity index (χ3v) is 5.13. The minimum atomic E-state index is -0.00298. The van der Waals surface area contributed by atoms with E-state index in [0.717, 1.165) is 49.5 Å². The number of carbonyl (C=O) groups is 1. The van der Waals surface area contributed by atoms with Gasteiger partial charge < -0.3 is 19.1 Å². The fourth-order valence-corrected chi connectivity index (χ4v) is 3.54. The number of amidine groups is 1. The molecule has 0 bridgehead atoms. The van der Waals surface area contributed by atoms with Crippen molar-refractivity contribution < 1.29 is 19.0 Å². The number of methoxy groups -OCH3 is 2. The van der Waals surface area contributed by atoms with E-state index in [1.165, 1.54) is 0 Å². The van der Waals surface area contributed by atoms with E-state index in [1.807, 2.05) is 36.1 Å². The van der Waals surface area contributed by atoms with Crippen molar-refractivity contribution in [3.63, 3.8) is 0 Å². The molecule has 0 N–H and O–H groups in total. The van der Waals surface area contributed by atoms with Gasteiger partial charge in [0, 0.05) is 24.2 Å². The highest BCUT2D eigenvalue weighted by molar-refractivity contribution is 6.07. The fourth-order valence-electron chi connectivity index (χ4n) is 3.54. The van der Waals surface area contributed by atoms with Gasteiger partial charge in [-0.15, -0.1) is 0 Å².